The molecule has 0 heterocycles. The first-order chi connectivity index (χ1) is 12.2. The summed E-state index contributed by atoms with van der Waals surface area (Å²) in [6.45, 7) is 15.1. The van der Waals surface area contributed by atoms with E-state index in [1.165, 1.54) is 0 Å². The summed E-state index contributed by atoms with van der Waals surface area (Å²) in [6.07, 6.45) is 3.56. The van der Waals surface area contributed by atoms with Gasteiger partial charge in [0.1, 0.15) is 17.3 Å². The van der Waals surface area contributed by atoms with Crippen LogP contribution in [0.1, 0.15) is 67.2 Å². The Bertz CT molecular complexity index is 437. The number of hydrogen-bond donors (Lipinski definition) is 0. The van der Waals surface area contributed by atoms with Gasteiger partial charge in [0, 0.05) is 25.4 Å². The Hall–Kier alpha value is -1.07. The molecule has 0 aliphatic heterocycles. The molecule has 0 rings (SSSR count). The lowest BCUT2D eigenvalue weighted by Crippen LogP contribution is -2.42. The number of rotatable bonds is 16. The van der Waals surface area contributed by atoms with Crippen molar-refractivity contribution in [1.29, 1.82) is 0 Å². The van der Waals surface area contributed by atoms with E-state index in [2.05, 4.69) is 18.7 Å². The monoisotopic (exact) mass is 368 g/mol. The molecule has 0 saturated carbocycles. The average molecular weight is 369 g/mol. The van der Waals surface area contributed by atoms with Crippen LogP contribution >= 0.6 is 0 Å². The minimum atomic E-state index is 0.0210. The summed E-state index contributed by atoms with van der Waals surface area (Å²) in [5, 5.41) is 0. The Morgan fingerprint density at radius 2 is 1.42 bits per heavy atom. The zero-order chi connectivity index (χ0) is 20.1. The minimum Gasteiger partial charge on any atom is -0.299 e. The van der Waals surface area contributed by atoms with E-state index in [-0.39, 0.29) is 23.3 Å². The van der Waals surface area contributed by atoms with Gasteiger partial charge in [-0.3, -0.25) is 24.2 Å². The van der Waals surface area contributed by atoms with Crippen LogP contribution < -0.4 is 0 Å². The summed E-state index contributed by atoms with van der Waals surface area (Å²) in [7, 11) is 0. The molecule has 26 heavy (non-hydrogen) atoms. The van der Waals surface area contributed by atoms with Crippen molar-refractivity contribution in [2.45, 2.75) is 67.2 Å². The van der Waals surface area contributed by atoms with Gasteiger partial charge in [-0.25, -0.2) is 0 Å². The molecule has 0 N–H and O–H groups in total. The van der Waals surface area contributed by atoms with Gasteiger partial charge in [-0.05, 0) is 32.2 Å². The molecular formula is C21H40N2O3. The Morgan fingerprint density at radius 3 is 1.92 bits per heavy atom. The predicted octanol–water partition coefficient (Wildman–Crippen LogP) is 3.21. The summed E-state index contributed by atoms with van der Waals surface area (Å²) < 4.78 is 0. The van der Waals surface area contributed by atoms with Gasteiger partial charge in [-0.1, -0.05) is 41.0 Å². The first-order valence-corrected chi connectivity index (χ1v) is 10.2. The highest BCUT2D eigenvalue weighted by atomic mass is 16.1. The third-order valence-electron chi connectivity index (χ3n) is 5.15. The molecule has 0 saturated heterocycles. The second-order valence-electron chi connectivity index (χ2n) is 7.66. The van der Waals surface area contributed by atoms with Gasteiger partial charge >= 0.3 is 0 Å². The Morgan fingerprint density at radius 1 is 0.808 bits per heavy atom. The molecule has 0 fully saturated rings. The van der Waals surface area contributed by atoms with Crippen molar-refractivity contribution in [2.24, 2.45) is 11.8 Å². The van der Waals surface area contributed by atoms with Crippen molar-refractivity contribution in [3.05, 3.63) is 0 Å². The number of hydrogen-bond acceptors (Lipinski definition) is 5. The number of carbonyl (C=O) groups is 3. The second-order valence-corrected chi connectivity index (χ2v) is 7.66. The van der Waals surface area contributed by atoms with E-state index in [0.717, 1.165) is 25.8 Å². The van der Waals surface area contributed by atoms with E-state index in [1.54, 1.807) is 6.92 Å². The maximum Gasteiger partial charge on any atom is 0.149 e. The molecule has 0 aromatic rings. The van der Waals surface area contributed by atoms with Crippen LogP contribution in [0.3, 0.4) is 0 Å². The van der Waals surface area contributed by atoms with Crippen molar-refractivity contribution in [2.75, 3.05) is 39.3 Å². The highest BCUT2D eigenvalue weighted by molar-refractivity contribution is 5.84. The van der Waals surface area contributed by atoms with Gasteiger partial charge in [-0.15, -0.1) is 0 Å². The average Bonchev–Trinajstić information content (AvgIpc) is 2.61. The van der Waals surface area contributed by atoms with Crippen molar-refractivity contribution in [1.82, 2.24) is 9.80 Å². The summed E-state index contributed by atoms with van der Waals surface area (Å²) >= 11 is 0. The lowest BCUT2D eigenvalue weighted by molar-refractivity contribution is -0.125. The number of carbonyl (C=O) groups excluding carboxylic acids is 3. The Labute approximate surface area is 160 Å². The van der Waals surface area contributed by atoms with Crippen LogP contribution in [0.15, 0.2) is 0 Å². The van der Waals surface area contributed by atoms with Crippen LogP contribution in [0.25, 0.3) is 0 Å². The fraction of sp³-hybridized carbons (Fsp3) is 0.857. The molecule has 5 heteroatoms. The molecule has 0 aliphatic rings. The number of Topliss-reactive ketones (excluding diaryl/α,β-unsaturated/α-hetero) is 3. The molecule has 0 aliphatic carbocycles. The molecule has 0 radical (unpaired) electrons. The molecule has 152 valence electrons. The maximum absolute atomic E-state index is 12.3. The van der Waals surface area contributed by atoms with Crippen LogP contribution in [0.5, 0.6) is 0 Å². The molecule has 5 nitrogen and oxygen atoms in total. The molecule has 0 spiro atoms. The van der Waals surface area contributed by atoms with Gasteiger partial charge in [0.05, 0.1) is 19.6 Å². The zero-order valence-corrected chi connectivity index (χ0v) is 17.8. The predicted molar refractivity (Wildman–Crippen MR) is 107 cm³/mol. The van der Waals surface area contributed by atoms with Gasteiger partial charge in [0.2, 0.25) is 0 Å². The molecule has 0 amide bonds. The van der Waals surface area contributed by atoms with Crippen LogP contribution in [0.4, 0.5) is 0 Å². The molecule has 0 aromatic heterocycles. The standard InChI is InChI=1S/C21H40N2O3/c1-7-17(4)10-11-22(15-20(25)9-3)12-13-23(14-19(6)24)16-21(26)18(5)8-2/h17-18H,7-16H2,1-6H3. The van der Waals surface area contributed by atoms with E-state index in [9.17, 15) is 14.4 Å². The first-order valence-electron chi connectivity index (χ1n) is 10.2. The fourth-order valence-electron chi connectivity index (χ4n) is 2.65. The maximum atomic E-state index is 12.3. The van der Waals surface area contributed by atoms with Crippen LogP contribution in [-0.2, 0) is 14.4 Å². The van der Waals surface area contributed by atoms with E-state index in [1.807, 2.05) is 25.7 Å². The van der Waals surface area contributed by atoms with Gasteiger partial charge in [-0.2, -0.15) is 0 Å². The van der Waals surface area contributed by atoms with Gasteiger partial charge in [0.15, 0.2) is 0 Å². The quantitative estimate of drug-likeness (QED) is 0.419. The van der Waals surface area contributed by atoms with E-state index >= 15 is 0 Å². The highest BCUT2D eigenvalue weighted by Gasteiger charge is 2.18. The SMILES string of the molecule is CCC(=O)CN(CCC(C)CC)CCN(CC(C)=O)CC(=O)C(C)CC. The lowest BCUT2D eigenvalue weighted by atomic mass is 10.0. The van der Waals surface area contributed by atoms with E-state index < -0.39 is 0 Å². The highest BCUT2D eigenvalue weighted by Crippen LogP contribution is 2.09. The summed E-state index contributed by atoms with van der Waals surface area (Å²) in [6, 6.07) is 0. The normalized spacial score (nSPS) is 13.8. The van der Waals surface area contributed by atoms with E-state index in [0.29, 0.717) is 45.1 Å². The molecule has 0 aromatic carbocycles. The third-order valence-corrected chi connectivity index (χ3v) is 5.15. The number of ketones is 3. The first kappa shape index (κ1) is 24.9. The summed E-state index contributed by atoms with van der Waals surface area (Å²) in [5.74, 6) is 1.15. The van der Waals surface area contributed by atoms with Crippen molar-refractivity contribution in [3.8, 4) is 0 Å². The molecular weight excluding hydrogens is 328 g/mol. The van der Waals surface area contributed by atoms with Crippen LogP contribution in [-0.4, -0.2) is 66.4 Å². The zero-order valence-electron chi connectivity index (χ0n) is 17.8. The van der Waals surface area contributed by atoms with Gasteiger partial charge in [0.25, 0.3) is 0 Å². The largest absolute Gasteiger partial charge is 0.299 e. The molecule has 0 bridgehead atoms. The topological polar surface area (TPSA) is 57.7 Å². The van der Waals surface area contributed by atoms with Gasteiger partial charge < -0.3 is 0 Å². The Kier molecular flexibility index (Phi) is 13.5. The Balaban J connectivity index is 4.80. The van der Waals surface area contributed by atoms with E-state index in [4.69, 9.17) is 0 Å². The van der Waals surface area contributed by atoms with Crippen LogP contribution in [0, 0.1) is 11.8 Å². The summed E-state index contributed by atoms with van der Waals surface area (Å²) in [5.41, 5.74) is 0. The third kappa shape index (κ3) is 11.5. The fourth-order valence-corrected chi connectivity index (χ4v) is 2.65. The molecule has 2 unspecified atom stereocenters. The van der Waals surface area contributed by atoms with Crippen molar-refractivity contribution in [3.63, 3.8) is 0 Å². The van der Waals surface area contributed by atoms with Crippen molar-refractivity contribution < 1.29 is 14.4 Å². The summed E-state index contributed by atoms with van der Waals surface area (Å²) in [4.78, 5) is 39.9. The lowest BCUT2D eigenvalue weighted by Gasteiger charge is -2.27. The smallest absolute Gasteiger partial charge is 0.149 e. The molecule has 2 atom stereocenters. The van der Waals surface area contributed by atoms with Crippen molar-refractivity contribution >= 4 is 17.3 Å². The van der Waals surface area contributed by atoms with Crippen LogP contribution in [0.2, 0.25) is 0 Å². The minimum absolute atomic E-state index is 0.0210. The second kappa shape index (κ2) is 14.0. The number of nitrogens with zero attached hydrogens (tertiary/aromatic N) is 2.